The maximum Gasteiger partial charge on any atom is 0.274 e. The quantitative estimate of drug-likeness (QED) is 0.857. The van der Waals surface area contributed by atoms with Gasteiger partial charge in [-0.1, -0.05) is 19.1 Å². The van der Waals surface area contributed by atoms with Gasteiger partial charge in [-0.15, -0.1) is 10.2 Å². The summed E-state index contributed by atoms with van der Waals surface area (Å²) in [5, 5.41) is 21.2. The second kappa shape index (κ2) is 4.37. The van der Waals surface area contributed by atoms with Gasteiger partial charge in [0.25, 0.3) is 5.91 Å². The van der Waals surface area contributed by atoms with Gasteiger partial charge >= 0.3 is 0 Å². The molecule has 1 amide bonds. The minimum Gasteiger partial charge on any atom is -0.337 e. The third-order valence-corrected chi connectivity index (χ3v) is 4.58. The van der Waals surface area contributed by atoms with E-state index in [0.29, 0.717) is 29.4 Å². The highest BCUT2D eigenvalue weighted by molar-refractivity contribution is 5.92. The molecule has 0 aromatic carbocycles. The topological polar surface area (TPSA) is 103 Å². The molecule has 1 aliphatic carbocycles. The Morgan fingerprint density at radius 3 is 2.67 bits per heavy atom. The number of fused-ring (bicyclic) bond motifs is 1. The van der Waals surface area contributed by atoms with E-state index in [-0.39, 0.29) is 5.91 Å². The second-order valence-electron chi connectivity index (χ2n) is 6.20. The number of likely N-dealkylation sites (tertiary alicyclic amines) is 1. The molecule has 21 heavy (non-hydrogen) atoms. The fourth-order valence-electron chi connectivity index (χ4n) is 3.29. The number of H-pyrrole nitrogens is 2. The number of aromatic amines is 2. The molecule has 8 heteroatoms. The zero-order valence-corrected chi connectivity index (χ0v) is 11.9. The number of carbonyl (C=O) groups is 1. The monoisotopic (exact) mass is 287 g/mol. The van der Waals surface area contributed by atoms with Gasteiger partial charge in [0.1, 0.15) is 5.69 Å². The molecule has 8 nitrogen and oxygen atoms in total. The standard InChI is InChI=1S/C13H17N7O/c1-6(2)9-3-10(15-14-9)13(21)20-4-7-8(5-20)11(7)12-16-18-19-17-12/h3,6-8,11H,4-5H2,1-2H3,(H,14,15)(H,16,17,18,19). The van der Waals surface area contributed by atoms with Crippen molar-refractivity contribution in [3.8, 4) is 0 Å². The number of carbonyl (C=O) groups excluding carboxylic acids is 1. The Morgan fingerprint density at radius 1 is 1.33 bits per heavy atom. The van der Waals surface area contributed by atoms with E-state index in [1.165, 1.54) is 0 Å². The highest BCUT2D eigenvalue weighted by Crippen LogP contribution is 2.57. The molecule has 2 unspecified atom stereocenters. The molecule has 1 saturated heterocycles. The number of nitrogens with one attached hydrogen (secondary N) is 2. The van der Waals surface area contributed by atoms with E-state index in [9.17, 15) is 4.79 Å². The Balaban J connectivity index is 1.42. The number of aromatic nitrogens is 6. The van der Waals surface area contributed by atoms with Crippen molar-refractivity contribution in [3.05, 3.63) is 23.3 Å². The number of hydrogen-bond acceptors (Lipinski definition) is 5. The molecular formula is C13H17N7O. The van der Waals surface area contributed by atoms with Crippen molar-refractivity contribution < 1.29 is 4.79 Å². The first-order chi connectivity index (χ1) is 10.1. The van der Waals surface area contributed by atoms with Crippen LogP contribution in [0, 0.1) is 11.8 Å². The lowest BCUT2D eigenvalue weighted by molar-refractivity contribution is 0.0766. The van der Waals surface area contributed by atoms with Gasteiger partial charge in [0.15, 0.2) is 5.82 Å². The van der Waals surface area contributed by atoms with Gasteiger partial charge in [0.05, 0.1) is 0 Å². The van der Waals surface area contributed by atoms with Crippen LogP contribution in [0.1, 0.15) is 47.7 Å². The first-order valence-corrected chi connectivity index (χ1v) is 7.23. The Hall–Kier alpha value is -2.25. The van der Waals surface area contributed by atoms with Crippen molar-refractivity contribution in [3.63, 3.8) is 0 Å². The molecule has 2 aliphatic rings. The van der Waals surface area contributed by atoms with Crippen LogP contribution in [0.5, 0.6) is 0 Å². The van der Waals surface area contributed by atoms with Crippen LogP contribution < -0.4 is 0 Å². The molecule has 2 atom stereocenters. The van der Waals surface area contributed by atoms with Gasteiger partial charge in [0.2, 0.25) is 0 Å². The van der Waals surface area contributed by atoms with E-state index in [1.807, 2.05) is 11.0 Å². The average molecular weight is 287 g/mol. The lowest BCUT2D eigenvalue weighted by atomic mass is 10.1. The molecule has 0 spiro atoms. The minimum atomic E-state index is 0.0113. The van der Waals surface area contributed by atoms with Crippen LogP contribution in [0.3, 0.4) is 0 Å². The van der Waals surface area contributed by atoms with Crippen molar-refractivity contribution >= 4 is 5.91 Å². The second-order valence-corrected chi connectivity index (χ2v) is 6.20. The number of tetrazole rings is 1. The number of piperidine rings is 1. The summed E-state index contributed by atoms with van der Waals surface area (Å²) in [6.45, 7) is 5.66. The zero-order chi connectivity index (χ0) is 14.6. The number of nitrogens with zero attached hydrogens (tertiary/aromatic N) is 5. The third-order valence-electron chi connectivity index (χ3n) is 4.58. The number of amides is 1. The lowest BCUT2D eigenvalue weighted by Crippen LogP contribution is -2.31. The summed E-state index contributed by atoms with van der Waals surface area (Å²) in [6.07, 6.45) is 0. The van der Waals surface area contributed by atoms with Gasteiger partial charge < -0.3 is 4.90 Å². The highest BCUT2D eigenvalue weighted by atomic mass is 16.2. The smallest absolute Gasteiger partial charge is 0.274 e. The van der Waals surface area contributed by atoms with Crippen molar-refractivity contribution in [2.45, 2.75) is 25.7 Å². The summed E-state index contributed by atoms with van der Waals surface area (Å²) < 4.78 is 0. The molecule has 3 heterocycles. The molecule has 1 saturated carbocycles. The Labute approximate surface area is 121 Å². The average Bonchev–Trinajstić information content (AvgIpc) is 3.04. The van der Waals surface area contributed by atoms with Gasteiger partial charge in [-0.3, -0.25) is 9.89 Å². The normalized spacial score (nSPS) is 27.2. The summed E-state index contributed by atoms with van der Waals surface area (Å²) in [5.41, 5.74) is 1.50. The molecule has 0 radical (unpaired) electrons. The molecule has 4 rings (SSSR count). The zero-order valence-electron chi connectivity index (χ0n) is 11.9. The van der Waals surface area contributed by atoms with Gasteiger partial charge in [-0.05, 0) is 23.8 Å². The Kier molecular flexibility index (Phi) is 2.60. The van der Waals surface area contributed by atoms with Crippen LogP contribution in [0.15, 0.2) is 6.07 Å². The van der Waals surface area contributed by atoms with Crippen LogP contribution in [0.4, 0.5) is 0 Å². The molecule has 0 bridgehead atoms. The van der Waals surface area contributed by atoms with Crippen LogP contribution in [-0.2, 0) is 0 Å². The van der Waals surface area contributed by atoms with Gasteiger partial charge in [-0.25, -0.2) is 0 Å². The van der Waals surface area contributed by atoms with Crippen molar-refractivity contribution in [1.29, 1.82) is 0 Å². The van der Waals surface area contributed by atoms with Gasteiger partial charge in [-0.2, -0.15) is 10.3 Å². The van der Waals surface area contributed by atoms with E-state index in [2.05, 4.69) is 44.7 Å². The summed E-state index contributed by atoms with van der Waals surface area (Å²) in [5.74, 6) is 2.42. The Bertz CT molecular complexity index is 650. The maximum atomic E-state index is 12.4. The van der Waals surface area contributed by atoms with Crippen LogP contribution >= 0.6 is 0 Å². The van der Waals surface area contributed by atoms with Gasteiger partial charge in [0, 0.05) is 24.7 Å². The van der Waals surface area contributed by atoms with Crippen LogP contribution in [0.2, 0.25) is 0 Å². The summed E-state index contributed by atoms with van der Waals surface area (Å²) in [4.78, 5) is 14.3. The SMILES string of the molecule is CC(C)c1cc(C(=O)N2CC3C(C2)C3c2nn[nH]n2)n[nH]1. The van der Waals surface area contributed by atoms with E-state index in [1.54, 1.807) is 0 Å². The molecule has 110 valence electrons. The predicted molar refractivity (Wildman–Crippen MR) is 72.5 cm³/mol. The third kappa shape index (κ3) is 1.93. The van der Waals surface area contributed by atoms with Crippen molar-refractivity contribution in [2.24, 2.45) is 11.8 Å². The molecular weight excluding hydrogens is 270 g/mol. The van der Waals surface area contributed by atoms with Crippen molar-refractivity contribution in [1.82, 2.24) is 35.7 Å². The number of rotatable bonds is 3. The largest absolute Gasteiger partial charge is 0.337 e. The number of hydrogen-bond donors (Lipinski definition) is 2. The first kappa shape index (κ1) is 12.5. The molecule has 2 N–H and O–H groups in total. The Morgan fingerprint density at radius 2 is 2.10 bits per heavy atom. The lowest BCUT2D eigenvalue weighted by Gasteiger charge is -2.17. The highest BCUT2D eigenvalue weighted by Gasteiger charge is 2.59. The fraction of sp³-hybridized carbons (Fsp3) is 0.615. The summed E-state index contributed by atoms with van der Waals surface area (Å²) in [6, 6.07) is 1.85. The van der Waals surface area contributed by atoms with E-state index in [4.69, 9.17) is 0 Å². The molecule has 2 aromatic rings. The van der Waals surface area contributed by atoms with Crippen LogP contribution in [-0.4, -0.2) is 54.7 Å². The predicted octanol–water partition coefficient (Wildman–Crippen LogP) is 0.532. The van der Waals surface area contributed by atoms with E-state index in [0.717, 1.165) is 24.6 Å². The molecule has 2 fully saturated rings. The maximum absolute atomic E-state index is 12.4. The molecule has 1 aliphatic heterocycles. The summed E-state index contributed by atoms with van der Waals surface area (Å²) in [7, 11) is 0. The fourth-order valence-corrected chi connectivity index (χ4v) is 3.29. The van der Waals surface area contributed by atoms with Crippen molar-refractivity contribution in [2.75, 3.05) is 13.1 Å². The van der Waals surface area contributed by atoms with E-state index >= 15 is 0 Å². The van der Waals surface area contributed by atoms with Crippen LogP contribution in [0.25, 0.3) is 0 Å². The molecule has 2 aromatic heterocycles. The minimum absolute atomic E-state index is 0.0113. The first-order valence-electron chi connectivity index (χ1n) is 7.23. The van der Waals surface area contributed by atoms with E-state index < -0.39 is 0 Å². The summed E-state index contributed by atoms with van der Waals surface area (Å²) >= 11 is 0.